The van der Waals surface area contributed by atoms with Crippen molar-refractivity contribution in [3.05, 3.63) is 64.9 Å². The molecule has 0 unspecified atom stereocenters. The molecule has 0 radical (unpaired) electrons. The molecule has 1 fully saturated rings. The maximum atomic E-state index is 13.1. The topological polar surface area (TPSA) is 86.8 Å². The molecule has 0 saturated carbocycles. The molecule has 5 rings (SSSR count). The smallest absolute Gasteiger partial charge is 0.223 e. The number of amides is 1. The Bertz CT molecular complexity index is 1230. The Labute approximate surface area is 190 Å². The Kier molecular flexibility index (Phi) is 5.85. The fourth-order valence-electron chi connectivity index (χ4n) is 4.36. The second kappa shape index (κ2) is 9.08. The van der Waals surface area contributed by atoms with Crippen LogP contribution in [0.3, 0.4) is 0 Å². The minimum atomic E-state index is 0.0211. The van der Waals surface area contributed by atoms with E-state index in [4.69, 9.17) is 4.98 Å². The average molecular weight is 447 g/mol. The number of nitrogens with one attached hydrogen (secondary N) is 2. The Morgan fingerprint density at radius 3 is 3.00 bits per heavy atom. The number of nitrogens with zero attached hydrogens (tertiary/aromatic N) is 4. The van der Waals surface area contributed by atoms with E-state index in [9.17, 15) is 4.79 Å². The molecule has 1 aliphatic heterocycles. The van der Waals surface area contributed by atoms with E-state index in [0.29, 0.717) is 6.42 Å². The van der Waals surface area contributed by atoms with Crippen molar-refractivity contribution in [1.29, 1.82) is 0 Å². The molecule has 0 bridgehead atoms. The summed E-state index contributed by atoms with van der Waals surface area (Å²) >= 11 is 1.54. The zero-order chi connectivity index (χ0) is 21.9. The Morgan fingerprint density at radius 2 is 2.12 bits per heavy atom. The summed E-state index contributed by atoms with van der Waals surface area (Å²) < 4.78 is 0. The van der Waals surface area contributed by atoms with Gasteiger partial charge >= 0.3 is 0 Å². The van der Waals surface area contributed by atoms with E-state index < -0.39 is 0 Å². The van der Waals surface area contributed by atoms with Crippen LogP contribution in [0.15, 0.2) is 48.7 Å². The van der Waals surface area contributed by atoms with E-state index in [1.165, 1.54) is 22.3 Å². The zero-order valence-electron chi connectivity index (χ0n) is 18.0. The lowest BCUT2D eigenvalue weighted by molar-refractivity contribution is -0.132. The first kappa shape index (κ1) is 20.6. The lowest BCUT2D eigenvalue weighted by atomic mass is 10.1. The van der Waals surface area contributed by atoms with Crippen LogP contribution >= 0.6 is 11.3 Å². The summed E-state index contributed by atoms with van der Waals surface area (Å²) in [4.78, 5) is 23.2. The predicted octanol–water partition coefficient (Wildman–Crippen LogP) is 5.02. The van der Waals surface area contributed by atoms with Crippen LogP contribution in [0.2, 0.25) is 0 Å². The molecule has 0 spiro atoms. The number of para-hydroxylation sites is 1. The van der Waals surface area contributed by atoms with Crippen LogP contribution in [0.5, 0.6) is 0 Å². The van der Waals surface area contributed by atoms with Gasteiger partial charge < -0.3 is 15.2 Å². The van der Waals surface area contributed by atoms with E-state index in [1.807, 2.05) is 41.4 Å². The minimum absolute atomic E-state index is 0.0211. The van der Waals surface area contributed by atoms with Crippen molar-refractivity contribution in [2.24, 2.45) is 0 Å². The summed E-state index contributed by atoms with van der Waals surface area (Å²) in [5.41, 5.74) is 3.23. The molecular weight excluding hydrogens is 420 g/mol. The summed E-state index contributed by atoms with van der Waals surface area (Å²) in [5.74, 6) is 0.925. The van der Waals surface area contributed by atoms with E-state index in [1.54, 1.807) is 0 Å². The number of aryl methyl sites for hydroxylation is 2. The number of carbonyl (C=O) groups excluding carboxylic acids is 1. The van der Waals surface area contributed by atoms with E-state index in [0.717, 1.165) is 59.4 Å². The first-order valence-corrected chi connectivity index (χ1v) is 11.9. The van der Waals surface area contributed by atoms with Gasteiger partial charge in [0, 0.05) is 30.1 Å². The van der Waals surface area contributed by atoms with Crippen molar-refractivity contribution in [1.82, 2.24) is 25.1 Å². The lowest BCUT2D eigenvalue weighted by Crippen LogP contribution is -2.31. The lowest BCUT2D eigenvalue weighted by Gasteiger charge is -2.24. The Balaban J connectivity index is 1.27. The van der Waals surface area contributed by atoms with Crippen LogP contribution < -0.4 is 5.32 Å². The predicted molar refractivity (Wildman–Crippen MR) is 127 cm³/mol. The monoisotopic (exact) mass is 446 g/mol. The standard InChI is InChI=1S/C24H26N6OS/c1-2-22-28-29-24(32-22)27-21-11-5-9-19(26-21)20-10-6-14-30(20)23(31)13-12-16-15-25-18-8-4-3-7-17(16)18/h3-5,7-9,11,15,20,25H,2,6,10,12-14H2,1H3,(H,26,27,29)/t20-/m1/s1. The highest BCUT2D eigenvalue weighted by Crippen LogP contribution is 2.33. The number of likely N-dealkylation sites (tertiary alicyclic amines) is 1. The first-order chi connectivity index (χ1) is 15.7. The van der Waals surface area contributed by atoms with Gasteiger partial charge in [0.15, 0.2) is 0 Å². The van der Waals surface area contributed by atoms with Gasteiger partial charge in [-0.2, -0.15) is 0 Å². The highest BCUT2D eigenvalue weighted by atomic mass is 32.1. The molecule has 1 amide bonds. The van der Waals surface area contributed by atoms with Crippen LogP contribution in [0.1, 0.15) is 48.5 Å². The van der Waals surface area contributed by atoms with Crippen LogP contribution in [0.4, 0.5) is 10.9 Å². The summed E-state index contributed by atoms with van der Waals surface area (Å²) in [6.45, 7) is 2.85. The molecule has 3 aromatic heterocycles. The number of aromatic amines is 1. The van der Waals surface area contributed by atoms with Gasteiger partial charge in [-0.1, -0.05) is 42.5 Å². The molecule has 0 aliphatic carbocycles. The van der Waals surface area contributed by atoms with E-state index in [-0.39, 0.29) is 11.9 Å². The molecule has 164 valence electrons. The SMILES string of the molecule is CCc1nnc(Nc2cccc([C@H]3CCCN3C(=O)CCc3c[nH]c4ccccc34)n2)s1. The van der Waals surface area contributed by atoms with Crippen LogP contribution in [0.25, 0.3) is 10.9 Å². The van der Waals surface area contributed by atoms with Gasteiger partial charge in [0.25, 0.3) is 0 Å². The molecule has 4 heterocycles. The summed E-state index contributed by atoms with van der Waals surface area (Å²) in [5, 5.41) is 14.5. The fourth-order valence-corrected chi connectivity index (χ4v) is 5.05. The van der Waals surface area contributed by atoms with Gasteiger partial charge in [-0.15, -0.1) is 10.2 Å². The summed E-state index contributed by atoms with van der Waals surface area (Å²) in [6, 6.07) is 14.2. The van der Waals surface area contributed by atoms with Gasteiger partial charge in [0.2, 0.25) is 11.0 Å². The van der Waals surface area contributed by atoms with Crippen molar-refractivity contribution in [3.8, 4) is 0 Å². The quantitative estimate of drug-likeness (QED) is 0.416. The number of hydrogen-bond donors (Lipinski definition) is 2. The van der Waals surface area contributed by atoms with Crippen molar-refractivity contribution in [2.75, 3.05) is 11.9 Å². The van der Waals surface area contributed by atoms with Crippen molar-refractivity contribution in [3.63, 3.8) is 0 Å². The number of rotatable bonds is 7. The number of H-pyrrole nitrogens is 1. The number of hydrogen-bond acceptors (Lipinski definition) is 6. The number of aromatic nitrogens is 4. The van der Waals surface area contributed by atoms with E-state index >= 15 is 0 Å². The zero-order valence-corrected chi connectivity index (χ0v) is 18.9. The molecule has 1 saturated heterocycles. The normalized spacial score (nSPS) is 16.0. The molecule has 8 heteroatoms. The molecule has 2 N–H and O–H groups in total. The number of pyridine rings is 1. The number of anilines is 2. The van der Waals surface area contributed by atoms with Crippen molar-refractivity contribution in [2.45, 2.75) is 45.1 Å². The fraction of sp³-hybridized carbons (Fsp3) is 0.333. The largest absolute Gasteiger partial charge is 0.361 e. The van der Waals surface area contributed by atoms with Crippen molar-refractivity contribution < 1.29 is 4.79 Å². The number of fused-ring (bicyclic) bond motifs is 1. The van der Waals surface area contributed by atoms with Crippen LogP contribution in [-0.2, 0) is 17.6 Å². The molecule has 1 aromatic carbocycles. The maximum absolute atomic E-state index is 13.1. The van der Waals surface area contributed by atoms with Gasteiger partial charge in [-0.25, -0.2) is 4.98 Å². The van der Waals surface area contributed by atoms with Gasteiger partial charge in [-0.3, -0.25) is 4.79 Å². The Hall–Kier alpha value is -3.26. The third-order valence-electron chi connectivity index (χ3n) is 5.97. The second-order valence-corrected chi connectivity index (χ2v) is 9.09. The highest BCUT2D eigenvalue weighted by Gasteiger charge is 2.30. The minimum Gasteiger partial charge on any atom is -0.361 e. The number of carbonyl (C=O) groups is 1. The molecule has 32 heavy (non-hydrogen) atoms. The van der Waals surface area contributed by atoms with Gasteiger partial charge in [0.05, 0.1) is 11.7 Å². The molecule has 1 aliphatic rings. The third kappa shape index (κ3) is 4.23. The molecule has 1 atom stereocenters. The summed E-state index contributed by atoms with van der Waals surface area (Å²) in [6.07, 6.45) is 6.06. The molecule has 4 aromatic rings. The number of benzene rings is 1. The van der Waals surface area contributed by atoms with Gasteiger partial charge in [0.1, 0.15) is 10.8 Å². The third-order valence-corrected chi connectivity index (χ3v) is 6.96. The van der Waals surface area contributed by atoms with Gasteiger partial charge in [-0.05, 0) is 49.4 Å². The average Bonchev–Trinajstić information content (AvgIpc) is 3.57. The highest BCUT2D eigenvalue weighted by molar-refractivity contribution is 7.15. The Morgan fingerprint density at radius 1 is 1.22 bits per heavy atom. The maximum Gasteiger partial charge on any atom is 0.223 e. The second-order valence-electron chi connectivity index (χ2n) is 8.03. The molecule has 7 nitrogen and oxygen atoms in total. The molecular formula is C24H26N6OS. The summed E-state index contributed by atoms with van der Waals surface area (Å²) in [7, 11) is 0. The van der Waals surface area contributed by atoms with E-state index in [2.05, 4.69) is 39.6 Å². The first-order valence-electron chi connectivity index (χ1n) is 11.1. The van der Waals surface area contributed by atoms with Crippen LogP contribution in [0, 0.1) is 0 Å². The van der Waals surface area contributed by atoms with Crippen molar-refractivity contribution >= 4 is 39.1 Å². The van der Waals surface area contributed by atoms with Crippen LogP contribution in [-0.4, -0.2) is 37.5 Å².